The minimum absolute atomic E-state index is 0.507. The summed E-state index contributed by atoms with van der Waals surface area (Å²) in [6.07, 6.45) is 10.5. The Kier molecular flexibility index (Phi) is 13.3. The zero-order valence-corrected chi connectivity index (χ0v) is 35.9. The third kappa shape index (κ3) is 9.52. The molecule has 0 atom stereocenters. The maximum atomic E-state index is 4.95. The van der Waals surface area contributed by atoms with Crippen LogP contribution in [0.1, 0.15) is 27.8 Å². The monoisotopic (exact) mass is 814 g/mol. The Labute approximate surface area is 371 Å². The maximum Gasteiger partial charge on any atom is 0.154 e. The molecule has 0 spiro atoms. The highest BCUT2D eigenvalue weighted by Crippen LogP contribution is 2.47. The average molecular weight is 815 g/mol. The minimum Gasteiger partial charge on any atom is -0.361 e. The summed E-state index contributed by atoms with van der Waals surface area (Å²) in [5, 5.41) is 6.07. The molecule has 63 heavy (non-hydrogen) atoms. The van der Waals surface area contributed by atoms with Gasteiger partial charge in [0, 0.05) is 23.0 Å². The molecule has 4 nitrogen and oxygen atoms in total. The smallest absolute Gasteiger partial charge is 0.154 e. The molecule has 8 aromatic rings. The van der Waals surface area contributed by atoms with E-state index < -0.39 is 0 Å². The molecule has 1 aliphatic heterocycles. The van der Waals surface area contributed by atoms with Gasteiger partial charge in [0.05, 0.1) is 13.1 Å². The number of aliphatic imine (C=N–C) groups is 3. The molecule has 0 aromatic heterocycles. The Bertz CT molecular complexity index is 3000. The molecule has 0 bridgehead atoms. The lowest BCUT2D eigenvalue weighted by atomic mass is 9.80. The molecule has 1 aliphatic rings. The first-order valence-corrected chi connectivity index (χ1v) is 21.3. The Morgan fingerprint density at radius 2 is 1.11 bits per heavy atom. The third-order valence-electron chi connectivity index (χ3n) is 11.4. The first-order chi connectivity index (χ1) is 31.0. The van der Waals surface area contributed by atoms with Gasteiger partial charge >= 0.3 is 0 Å². The van der Waals surface area contributed by atoms with Crippen LogP contribution in [0.2, 0.25) is 0 Å². The number of amidine groups is 1. The van der Waals surface area contributed by atoms with Gasteiger partial charge in [0.1, 0.15) is 0 Å². The van der Waals surface area contributed by atoms with Crippen molar-refractivity contribution in [2.45, 2.75) is 26.9 Å². The number of benzene rings is 8. The highest BCUT2D eigenvalue weighted by Gasteiger charge is 2.23. The molecule has 0 saturated heterocycles. The molecule has 0 radical (unpaired) electrons. The van der Waals surface area contributed by atoms with E-state index in [2.05, 4.69) is 194 Å². The van der Waals surface area contributed by atoms with E-state index in [-0.39, 0.29) is 0 Å². The summed E-state index contributed by atoms with van der Waals surface area (Å²) >= 11 is 0. The van der Waals surface area contributed by atoms with Crippen LogP contribution in [-0.2, 0) is 13.1 Å². The number of hydrogen-bond donors (Lipinski definition) is 1. The van der Waals surface area contributed by atoms with Crippen LogP contribution in [0.25, 0.3) is 61.4 Å². The van der Waals surface area contributed by atoms with E-state index in [1.807, 2.05) is 60.8 Å². The van der Waals surface area contributed by atoms with E-state index in [0.29, 0.717) is 12.4 Å². The zero-order chi connectivity index (χ0) is 43.4. The Morgan fingerprint density at radius 1 is 0.508 bits per heavy atom. The lowest BCUT2D eigenvalue weighted by Gasteiger charge is -2.24. The SMILES string of the molecule is C=NC(=NCc1ccccc1)C1=C/C=C/Nc2ccc(-c3ccccc3)cc2-c2c(c(-c3cccc(-c4ccccc4)c3C)c(C)c3ccccc23)/C=C\1.C=NCc1ccccc1. The first-order valence-electron chi connectivity index (χ1n) is 21.3. The van der Waals surface area contributed by atoms with Gasteiger partial charge in [-0.3, -0.25) is 9.98 Å². The third-order valence-corrected chi connectivity index (χ3v) is 11.4. The summed E-state index contributed by atoms with van der Waals surface area (Å²) in [6.45, 7) is 13.1. The van der Waals surface area contributed by atoms with E-state index in [0.717, 1.165) is 45.6 Å². The zero-order valence-electron chi connectivity index (χ0n) is 35.9. The molecular weight excluding hydrogens is 765 g/mol. The van der Waals surface area contributed by atoms with E-state index in [1.54, 1.807) is 0 Å². The molecule has 1 heterocycles. The van der Waals surface area contributed by atoms with Crippen molar-refractivity contribution in [1.82, 2.24) is 0 Å². The lowest BCUT2D eigenvalue weighted by molar-refractivity contribution is 1.06. The summed E-state index contributed by atoms with van der Waals surface area (Å²) in [5.41, 5.74) is 17.3. The minimum atomic E-state index is 0.507. The largest absolute Gasteiger partial charge is 0.361 e. The summed E-state index contributed by atoms with van der Waals surface area (Å²) in [6, 6.07) is 63.8. The van der Waals surface area contributed by atoms with Crippen molar-refractivity contribution in [3.63, 3.8) is 0 Å². The van der Waals surface area contributed by atoms with Gasteiger partial charge in [-0.1, -0.05) is 182 Å². The highest BCUT2D eigenvalue weighted by atomic mass is 14.9. The van der Waals surface area contributed by atoms with Crippen molar-refractivity contribution >= 4 is 41.8 Å². The van der Waals surface area contributed by atoms with E-state index in [9.17, 15) is 0 Å². The molecule has 0 aliphatic carbocycles. The summed E-state index contributed by atoms with van der Waals surface area (Å²) in [7, 11) is 0. The number of aryl methyl sites for hydroxylation is 1. The number of fused-ring (bicyclic) bond motifs is 5. The Balaban J connectivity index is 0.000000540. The second-order valence-corrected chi connectivity index (χ2v) is 15.4. The van der Waals surface area contributed by atoms with Crippen LogP contribution in [0, 0.1) is 13.8 Å². The van der Waals surface area contributed by atoms with Crippen LogP contribution < -0.4 is 5.32 Å². The average Bonchev–Trinajstić information content (AvgIpc) is 3.37. The van der Waals surface area contributed by atoms with Gasteiger partial charge in [0.25, 0.3) is 0 Å². The molecule has 9 rings (SSSR count). The number of anilines is 1. The van der Waals surface area contributed by atoms with Crippen molar-refractivity contribution in [2.24, 2.45) is 15.0 Å². The van der Waals surface area contributed by atoms with Crippen LogP contribution in [-0.4, -0.2) is 19.3 Å². The molecule has 306 valence electrons. The van der Waals surface area contributed by atoms with Gasteiger partial charge in [0.2, 0.25) is 0 Å². The standard InChI is InChI=1S/C51H41N3.C8H9N/c1-35-42(39-21-11-6-12-22-39)26-15-27-44(35)49-36(2)43-24-13-14-25-45(43)50-46(49)30-28-40(51(52-3)54-34-37-17-7-4-8-18-37)23-16-32-53-48-31-29-41(33-47(48)50)38-19-9-5-10-20-38;1-9-7-8-5-3-2-4-6-8/h4-33,53H,3,34H2,1-2H3;2-6H,1,7H2/b30-28-,32-16+,40-23+,54-51?;. The van der Waals surface area contributed by atoms with Crippen LogP contribution in [0.4, 0.5) is 5.69 Å². The second-order valence-electron chi connectivity index (χ2n) is 15.4. The fourth-order valence-electron chi connectivity index (χ4n) is 8.32. The molecule has 1 N–H and O–H groups in total. The predicted molar refractivity (Wildman–Crippen MR) is 272 cm³/mol. The Hall–Kier alpha value is -7.95. The van der Waals surface area contributed by atoms with Gasteiger partial charge in [-0.25, -0.2) is 4.99 Å². The van der Waals surface area contributed by atoms with E-state index in [4.69, 9.17) is 4.99 Å². The fraction of sp³-hybridized carbons (Fsp3) is 0.0678. The van der Waals surface area contributed by atoms with Gasteiger partial charge in [0.15, 0.2) is 5.84 Å². The van der Waals surface area contributed by atoms with Crippen molar-refractivity contribution in [3.8, 4) is 44.5 Å². The van der Waals surface area contributed by atoms with Crippen molar-refractivity contribution in [3.05, 3.63) is 240 Å². The summed E-state index contributed by atoms with van der Waals surface area (Å²) in [4.78, 5) is 13.2. The molecule has 0 saturated carbocycles. The van der Waals surface area contributed by atoms with Crippen LogP contribution in [0.3, 0.4) is 0 Å². The number of nitrogens with one attached hydrogen (secondary N) is 1. The fourth-order valence-corrected chi connectivity index (χ4v) is 8.32. The number of nitrogens with zero attached hydrogens (tertiary/aromatic N) is 3. The molecule has 4 heteroatoms. The van der Waals surface area contributed by atoms with Crippen LogP contribution in [0.5, 0.6) is 0 Å². The second kappa shape index (κ2) is 20.1. The van der Waals surface area contributed by atoms with Gasteiger partial charge in [-0.15, -0.1) is 0 Å². The van der Waals surface area contributed by atoms with Crippen LogP contribution >= 0.6 is 0 Å². The normalized spacial score (nSPS) is 13.9. The van der Waals surface area contributed by atoms with Gasteiger partial charge < -0.3 is 5.32 Å². The Morgan fingerprint density at radius 3 is 1.78 bits per heavy atom. The molecule has 0 fully saturated rings. The van der Waals surface area contributed by atoms with Crippen molar-refractivity contribution in [2.75, 3.05) is 5.32 Å². The molecule has 0 amide bonds. The topological polar surface area (TPSA) is 49.1 Å². The number of hydrogen-bond acceptors (Lipinski definition) is 3. The van der Waals surface area contributed by atoms with Crippen molar-refractivity contribution in [1.29, 1.82) is 0 Å². The quantitative estimate of drug-likeness (QED) is 0.121. The molecular formula is C59H50N4. The van der Waals surface area contributed by atoms with Gasteiger partial charge in [-0.2, -0.15) is 0 Å². The lowest BCUT2D eigenvalue weighted by Crippen LogP contribution is -2.01. The summed E-state index contributed by atoms with van der Waals surface area (Å²) in [5.74, 6) is 0.589. The molecule has 8 aromatic carbocycles. The predicted octanol–water partition coefficient (Wildman–Crippen LogP) is 15.2. The van der Waals surface area contributed by atoms with Crippen LogP contribution in [0.15, 0.2) is 227 Å². The van der Waals surface area contributed by atoms with E-state index in [1.165, 1.54) is 55.3 Å². The first kappa shape index (κ1) is 41.8. The number of allylic oxidation sites excluding steroid dienone is 2. The molecule has 0 unspecified atom stereocenters. The maximum absolute atomic E-state index is 4.95. The van der Waals surface area contributed by atoms with Crippen molar-refractivity contribution < 1.29 is 0 Å². The number of rotatable bonds is 8. The summed E-state index contributed by atoms with van der Waals surface area (Å²) < 4.78 is 0. The van der Waals surface area contributed by atoms with E-state index >= 15 is 0 Å². The van der Waals surface area contributed by atoms with Gasteiger partial charge in [-0.05, 0) is 129 Å². The highest BCUT2D eigenvalue weighted by molar-refractivity contribution is 6.11.